The molecular formula is C10H12Cl2FN. The predicted molar refractivity (Wildman–Crippen MR) is 60.5 cm³/mol. The van der Waals surface area contributed by atoms with Gasteiger partial charge in [0.05, 0.1) is 11.1 Å². The molecule has 4 heteroatoms. The van der Waals surface area contributed by atoms with E-state index in [1.807, 2.05) is 0 Å². The van der Waals surface area contributed by atoms with Crippen molar-refractivity contribution in [2.75, 3.05) is 0 Å². The number of hydrogen-bond donors (Lipinski definition) is 1. The highest BCUT2D eigenvalue weighted by atomic mass is 35.5. The van der Waals surface area contributed by atoms with Gasteiger partial charge < -0.3 is 5.73 Å². The van der Waals surface area contributed by atoms with Crippen molar-refractivity contribution in [3.63, 3.8) is 0 Å². The summed E-state index contributed by atoms with van der Waals surface area (Å²) >= 11 is 5.90. The van der Waals surface area contributed by atoms with E-state index in [0.29, 0.717) is 10.6 Å². The fraction of sp³-hybridized carbons (Fsp3) is 0.200. The van der Waals surface area contributed by atoms with Gasteiger partial charge in [-0.1, -0.05) is 23.7 Å². The number of nitrogens with two attached hydrogens (primary N) is 1. The Balaban J connectivity index is 0.00000169. The zero-order valence-electron chi connectivity index (χ0n) is 7.76. The van der Waals surface area contributed by atoms with Crippen LogP contribution in [0.3, 0.4) is 0 Å². The second-order valence-corrected chi connectivity index (χ2v) is 3.23. The van der Waals surface area contributed by atoms with Gasteiger partial charge in [0, 0.05) is 5.56 Å². The lowest BCUT2D eigenvalue weighted by Crippen LogP contribution is -2.10. The van der Waals surface area contributed by atoms with Crippen LogP contribution in [0, 0.1) is 12.7 Å². The van der Waals surface area contributed by atoms with Crippen molar-refractivity contribution in [2.45, 2.75) is 13.0 Å². The molecule has 0 unspecified atom stereocenters. The van der Waals surface area contributed by atoms with Gasteiger partial charge in [-0.15, -0.1) is 19.0 Å². The molecule has 0 amide bonds. The molecule has 1 nitrogen and oxygen atoms in total. The van der Waals surface area contributed by atoms with Crippen LogP contribution < -0.4 is 5.73 Å². The van der Waals surface area contributed by atoms with Crippen LogP contribution in [0.15, 0.2) is 24.8 Å². The minimum Gasteiger partial charge on any atom is -0.321 e. The molecule has 0 bridgehead atoms. The summed E-state index contributed by atoms with van der Waals surface area (Å²) in [5.41, 5.74) is 6.75. The van der Waals surface area contributed by atoms with Crippen LogP contribution in [-0.4, -0.2) is 0 Å². The number of aryl methyl sites for hydroxylation is 1. The highest BCUT2D eigenvalue weighted by Crippen LogP contribution is 2.28. The Bertz CT molecular complexity index is 339. The summed E-state index contributed by atoms with van der Waals surface area (Å²) in [5, 5.41) is 0.382. The fourth-order valence-electron chi connectivity index (χ4n) is 1.10. The first-order valence-corrected chi connectivity index (χ1v) is 4.28. The van der Waals surface area contributed by atoms with Crippen molar-refractivity contribution in [3.8, 4) is 0 Å². The molecule has 1 rings (SSSR count). The van der Waals surface area contributed by atoms with Gasteiger partial charge in [-0.3, -0.25) is 0 Å². The van der Waals surface area contributed by atoms with E-state index >= 15 is 0 Å². The van der Waals surface area contributed by atoms with Gasteiger partial charge in [0.2, 0.25) is 0 Å². The Kier molecular flexibility index (Phi) is 5.13. The maximum absolute atomic E-state index is 13.3. The van der Waals surface area contributed by atoms with E-state index in [1.165, 1.54) is 12.1 Å². The Labute approximate surface area is 94.2 Å². The molecule has 2 N–H and O–H groups in total. The monoisotopic (exact) mass is 235 g/mol. The Morgan fingerprint density at radius 2 is 2.14 bits per heavy atom. The van der Waals surface area contributed by atoms with Crippen LogP contribution >= 0.6 is 24.0 Å². The van der Waals surface area contributed by atoms with Gasteiger partial charge in [0.15, 0.2) is 0 Å². The molecule has 0 aromatic heterocycles. The largest absolute Gasteiger partial charge is 0.321 e. The third-order valence-corrected chi connectivity index (χ3v) is 2.41. The number of benzene rings is 1. The highest BCUT2D eigenvalue weighted by Gasteiger charge is 2.13. The summed E-state index contributed by atoms with van der Waals surface area (Å²) in [7, 11) is 0. The third kappa shape index (κ3) is 2.47. The van der Waals surface area contributed by atoms with Crippen LogP contribution in [0.4, 0.5) is 4.39 Å². The summed E-state index contributed by atoms with van der Waals surface area (Å²) in [6, 6.07) is 2.43. The lowest BCUT2D eigenvalue weighted by molar-refractivity contribution is 0.602. The molecule has 0 saturated heterocycles. The lowest BCUT2D eigenvalue weighted by Gasteiger charge is -2.11. The molecule has 0 fully saturated rings. The Morgan fingerprint density at radius 3 is 2.64 bits per heavy atom. The Hall–Kier alpha value is -0.570. The quantitative estimate of drug-likeness (QED) is 0.782. The van der Waals surface area contributed by atoms with E-state index in [9.17, 15) is 4.39 Å². The zero-order valence-corrected chi connectivity index (χ0v) is 9.33. The molecule has 0 aliphatic heterocycles. The lowest BCUT2D eigenvalue weighted by atomic mass is 10.0. The molecule has 0 aliphatic carbocycles. The van der Waals surface area contributed by atoms with Gasteiger partial charge in [-0.05, 0) is 18.6 Å². The van der Waals surface area contributed by atoms with Crippen molar-refractivity contribution in [1.82, 2.24) is 0 Å². The maximum Gasteiger partial charge on any atom is 0.129 e. The number of halogens is 3. The maximum atomic E-state index is 13.3. The van der Waals surface area contributed by atoms with Crippen LogP contribution in [0.2, 0.25) is 5.02 Å². The highest BCUT2D eigenvalue weighted by molar-refractivity contribution is 6.32. The van der Waals surface area contributed by atoms with Crippen molar-refractivity contribution < 1.29 is 4.39 Å². The van der Waals surface area contributed by atoms with Crippen LogP contribution in [0.25, 0.3) is 0 Å². The van der Waals surface area contributed by atoms with Gasteiger partial charge >= 0.3 is 0 Å². The van der Waals surface area contributed by atoms with Crippen LogP contribution in [0.1, 0.15) is 17.2 Å². The minimum absolute atomic E-state index is 0. The molecule has 78 valence electrons. The number of hydrogen-bond acceptors (Lipinski definition) is 1. The standard InChI is InChI=1S/C10H11ClFN.ClH/c1-3-8(13)9-7(12)5-4-6(2)10(9)11;/h3-5,8H,1,13H2,2H3;1H/t8-;/m1./s1. The van der Waals surface area contributed by atoms with Crippen molar-refractivity contribution in [1.29, 1.82) is 0 Å². The molecule has 0 saturated carbocycles. The molecule has 0 spiro atoms. The molecule has 1 atom stereocenters. The van der Waals surface area contributed by atoms with Gasteiger partial charge in [0.25, 0.3) is 0 Å². The van der Waals surface area contributed by atoms with E-state index in [2.05, 4.69) is 6.58 Å². The van der Waals surface area contributed by atoms with Gasteiger partial charge in [0.1, 0.15) is 5.82 Å². The molecule has 0 heterocycles. The van der Waals surface area contributed by atoms with Crippen molar-refractivity contribution in [3.05, 3.63) is 46.8 Å². The van der Waals surface area contributed by atoms with E-state index in [-0.39, 0.29) is 18.2 Å². The topological polar surface area (TPSA) is 26.0 Å². The summed E-state index contributed by atoms with van der Waals surface area (Å²) in [5.74, 6) is -0.386. The molecule has 1 aromatic rings. The van der Waals surface area contributed by atoms with E-state index in [0.717, 1.165) is 5.56 Å². The zero-order chi connectivity index (χ0) is 10.0. The smallest absolute Gasteiger partial charge is 0.129 e. The predicted octanol–water partition coefficient (Wildman–Crippen LogP) is 3.40. The second kappa shape index (κ2) is 5.35. The van der Waals surface area contributed by atoms with E-state index in [1.54, 1.807) is 13.0 Å². The fourth-order valence-corrected chi connectivity index (χ4v) is 1.38. The SMILES string of the molecule is C=C[C@@H](N)c1c(F)ccc(C)c1Cl.Cl. The first-order valence-electron chi connectivity index (χ1n) is 3.90. The molecule has 0 aliphatic rings. The first-order chi connectivity index (χ1) is 6.07. The summed E-state index contributed by atoms with van der Waals surface area (Å²) in [4.78, 5) is 0. The summed E-state index contributed by atoms with van der Waals surface area (Å²) < 4.78 is 13.3. The van der Waals surface area contributed by atoms with Crippen molar-refractivity contribution >= 4 is 24.0 Å². The summed E-state index contributed by atoms with van der Waals surface area (Å²) in [6.45, 7) is 5.31. The third-order valence-electron chi connectivity index (χ3n) is 1.91. The van der Waals surface area contributed by atoms with Gasteiger partial charge in [-0.25, -0.2) is 4.39 Å². The van der Waals surface area contributed by atoms with E-state index < -0.39 is 6.04 Å². The van der Waals surface area contributed by atoms with E-state index in [4.69, 9.17) is 17.3 Å². The van der Waals surface area contributed by atoms with Crippen LogP contribution in [0.5, 0.6) is 0 Å². The average Bonchev–Trinajstić information content (AvgIpc) is 2.12. The van der Waals surface area contributed by atoms with Gasteiger partial charge in [-0.2, -0.15) is 0 Å². The normalized spacial score (nSPS) is 11.7. The number of rotatable bonds is 2. The Morgan fingerprint density at radius 1 is 1.57 bits per heavy atom. The van der Waals surface area contributed by atoms with Crippen molar-refractivity contribution in [2.24, 2.45) is 5.73 Å². The molecule has 0 radical (unpaired) electrons. The second-order valence-electron chi connectivity index (χ2n) is 2.85. The average molecular weight is 236 g/mol. The first kappa shape index (κ1) is 13.4. The summed E-state index contributed by atoms with van der Waals surface area (Å²) in [6.07, 6.45) is 1.46. The molecule has 14 heavy (non-hydrogen) atoms. The molecular weight excluding hydrogens is 224 g/mol. The van der Waals surface area contributed by atoms with Crippen LogP contribution in [-0.2, 0) is 0 Å². The minimum atomic E-state index is -0.549. The molecule has 1 aromatic carbocycles.